The number of thiophene rings is 1. The maximum Gasteiger partial charge on any atom is 0.335 e. The molecule has 0 amide bonds. The van der Waals surface area contributed by atoms with Gasteiger partial charge in [0.25, 0.3) is 0 Å². The fraction of sp³-hybridized carbons (Fsp3) is 0.267. The summed E-state index contributed by atoms with van der Waals surface area (Å²) in [4.78, 5) is 13.3. The first-order chi connectivity index (χ1) is 9.38. The Balaban J connectivity index is 2.27. The summed E-state index contributed by atoms with van der Waals surface area (Å²) in [7, 11) is 0. The summed E-state index contributed by atoms with van der Waals surface area (Å²) in [5, 5.41) is 12.0. The third-order valence-corrected chi connectivity index (χ3v) is 4.11. The maximum atomic E-state index is 13.8. The molecule has 3 nitrogen and oxygen atoms in total. The van der Waals surface area contributed by atoms with E-state index in [9.17, 15) is 9.18 Å². The summed E-state index contributed by atoms with van der Waals surface area (Å²) in [5.41, 5.74) is 1.38. The molecule has 106 valence electrons. The van der Waals surface area contributed by atoms with Gasteiger partial charge in [0.1, 0.15) is 5.82 Å². The zero-order valence-electron chi connectivity index (χ0n) is 11.5. The van der Waals surface area contributed by atoms with E-state index < -0.39 is 11.8 Å². The van der Waals surface area contributed by atoms with E-state index in [4.69, 9.17) is 5.11 Å². The van der Waals surface area contributed by atoms with Crippen molar-refractivity contribution in [3.63, 3.8) is 0 Å². The zero-order chi connectivity index (χ0) is 14.9. The van der Waals surface area contributed by atoms with Crippen LogP contribution in [0.2, 0.25) is 0 Å². The summed E-state index contributed by atoms with van der Waals surface area (Å²) in [6.07, 6.45) is 0. The van der Waals surface area contributed by atoms with Crippen LogP contribution in [0.1, 0.15) is 38.6 Å². The molecule has 2 aromatic rings. The average Bonchev–Trinajstić information content (AvgIpc) is 2.71. The number of hydrogen-bond acceptors (Lipinski definition) is 3. The van der Waals surface area contributed by atoms with Crippen molar-refractivity contribution in [3.05, 3.63) is 51.0 Å². The molecule has 1 aromatic heterocycles. The molecule has 20 heavy (non-hydrogen) atoms. The zero-order valence-corrected chi connectivity index (χ0v) is 12.3. The molecule has 0 aliphatic carbocycles. The van der Waals surface area contributed by atoms with Crippen molar-refractivity contribution in [1.82, 2.24) is 0 Å². The van der Waals surface area contributed by atoms with Crippen molar-refractivity contribution < 1.29 is 14.3 Å². The van der Waals surface area contributed by atoms with Gasteiger partial charge in [-0.15, -0.1) is 11.3 Å². The maximum absolute atomic E-state index is 13.8. The topological polar surface area (TPSA) is 49.3 Å². The number of carboxylic acid groups (broad SMARTS) is 1. The van der Waals surface area contributed by atoms with Crippen LogP contribution in [0.15, 0.2) is 24.3 Å². The normalized spacial score (nSPS) is 12.2. The van der Waals surface area contributed by atoms with Gasteiger partial charge < -0.3 is 10.4 Å². The van der Waals surface area contributed by atoms with Crippen molar-refractivity contribution in [1.29, 1.82) is 0 Å². The van der Waals surface area contributed by atoms with Gasteiger partial charge in [0.2, 0.25) is 0 Å². The largest absolute Gasteiger partial charge is 0.478 e. The van der Waals surface area contributed by atoms with Gasteiger partial charge in [0.15, 0.2) is 0 Å². The molecule has 0 radical (unpaired) electrons. The number of anilines is 1. The Morgan fingerprint density at radius 1 is 1.35 bits per heavy atom. The molecule has 0 aliphatic heterocycles. The van der Waals surface area contributed by atoms with Gasteiger partial charge in [0, 0.05) is 15.8 Å². The Labute approximate surface area is 121 Å². The molecule has 0 fully saturated rings. The number of rotatable bonds is 4. The molecule has 0 spiro atoms. The fourth-order valence-corrected chi connectivity index (χ4v) is 3.18. The van der Waals surface area contributed by atoms with Crippen molar-refractivity contribution in [2.24, 2.45) is 0 Å². The van der Waals surface area contributed by atoms with E-state index in [1.165, 1.54) is 28.0 Å². The van der Waals surface area contributed by atoms with Crippen LogP contribution in [-0.2, 0) is 0 Å². The summed E-state index contributed by atoms with van der Waals surface area (Å²) >= 11 is 1.69. The smallest absolute Gasteiger partial charge is 0.335 e. The SMILES string of the molecule is Cc1cc(C(C)Nc2cc(C(=O)O)ccc2F)c(C)s1. The van der Waals surface area contributed by atoms with Gasteiger partial charge in [-0.1, -0.05) is 0 Å². The molecular weight excluding hydrogens is 277 g/mol. The van der Waals surface area contributed by atoms with E-state index in [0.717, 1.165) is 5.56 Å². The first-order valence-corrected chi connectivity index (χ1v) is 7.06. The lowest BCUT2D eigenvalue weighted by atomic mass is 10.1. The third-order valence-electron chi connectivity index (χ3n) is 3.13. The Hall–Kier alpha value is -1.88. The van der Waals surface area contributed by atoms with Crippen LogP contribution < -0.4 is 5.32 Å². The number of aromatic carboxylic acids is 1. The van der Waals surface area contributed by atoms with Crippen LogP contribution >= 0.6 is 11.3 Å². The van der Waals surface area contributed by atoms with Gasteiger partial charge in [-0.2, -0.15) is 0 Å². The van der Waals surface area contributed by atoms with Crippen molar-refractivity contribution in [2.75, 3.05) is 5.32 Å². The Kier molecular flexibility index (Phi) is 4.09. The lowest BCUT2D eigenvalue weighted by Crippen LogP contribution is -2.09. The second-order valence-electron chi connectivity index (χ2n) is 4.73. The second-order valence-corrected chi connectivity index (χ2v) is 6.19. The van der Waals surface area contributed by atoms with E-state index in [-0.39, 0.29) is 17.3 Å². The van der Waals surface area contributed by atoms with Crippen LogP contribution in [0.25, 0.3) is 0 Å². The first-order valence-electron chi connectivity index (χ1n) is 6.25. The van der Waals surface area contributed by atoms with Gasteiger partial charge >= 0.3 is 5.97 Å². The van der Waals surface area contributed by atoms with Gasteiger partial charge in [-0.3, -0.25) is 0 Å². The minimum atomic E-state index is -1.07. The number of halogens is 1. The highest BCUT2D eigenvalue weighted by Gasteiger charge is 2.14. The summed E-state index contributed by atoms with van der Waals surface area (Å²) < 4.78 is 13.8. The fourth-order valence-electron chi connectivity index (χ4n) is 2.16. The Morgan fingerprint density at radius 2 is 2.05 bits per heavy atom. The van der Waals surface area contributed by atoms with Gasteiger partial charge in [0.05, 0.1) is 11.3 Å². The molecule has 0 aliphatic rings. The van der Waals surface area contributed by atoms with Crippen molar-refractivity contribution in [2.45, 2.75) is 26.8 Å². The highest BCUT2D eigenvalue weighted by atomic mass is 32.1. The number of aryl methyl sites for hydroxylation is 2. The molecule has 2 rings (SSSR count). The quantitative estimate of drug-likeness (QED) is 0.879. The summed E-state index contributed by atoms with van der Waals surface area (Å²) in [6, 6.07) is 5.73. The number of nitrogens with one attached hydrogen (secondary N) is 1. The molecule has 0 saturated carbocycles. The standard InChI is InChI=1S/C15H16FNO2S/c1-8-6-12(10(3)20-8)9(2)17-14-7-11(15(18)19)4-5-13(14)16/h4-7,9,17H,1-3H3,(H,18,19). The molecule has 5 heteroatoms. The summed E-state index contributed by atoms with van der Waals surface area (Å²) in [5.74, 6) is -1.52. The molecular formula is C15H16FNO2S. The highest BCUT2D eigenvalue weighted by Crippen LogP contribution is 2.29. The van der Waals surface area contributed by atoms with Crippen molar-refractivity contribution in [3.8, 4) is 0 Å². The first kappa shape index (κ1) is 14.5. The van der Waals surface area contributed by atoms with Crippen LogP contribution in [0.3, 0.4) is 0 Å². The third kappa shape index (κ3) is 2.99. The van der Waals surface area contributed by atoms with Crippen molar-refractivity contribution >= 4 is 23.0 Å². The average molecular weight is 293 g/mol. The van der Waals surface area contributed by atoms with E-state index in [1.54, 1.807) is 11.3 Å². The van der Waals surface area contributed by atoms with Crippen LogP contribution in [0, 0.1) is 19.7 Å². The predicted octanol–water partition coefficient (Wildman–Crippen LogP) is 4.38. The Bertz CT molecular complexity index is 651. The lowest BCUT2D eigenvalue weighted by Gasteiger charge is -2.16. The number of carboxylic acids is 1. The second kappa shape index (κ2) is 5.63. The minimum Gasteiger partial charge on any atom is -0.478 e. The molecule has 2 N–H and O–H groups in total. The molecule has 1 atom stereocenters. The highest BCUT2D eigenvalue weighted by molar-refractivity contribution is 7.12. The summed E-state index contributed by atoms with van der Waals surface area (Å²) in [6.45, 7) is 5.98. The molecule has 1 aromatic carbocycles. The molecule has 1 heterocycles. The Morgan fingerprint density at radius 3 is 2.60 bits per heavy atom. The van der Waals surface area contributed by atoms with Crippen LogP contribution in [-0.4, -0.2) is 11.1 Å². The number of carbonyl (C=O) groups is 1. The van der Waals surface area contributed by atoms with Gasteiger partial charge in [-0.05, 0) is 50.6 Å². The van der Waals surface area contributed by atoms with E-state index in [0.29, 0.717) is 0 Å². The number of benzene rings is 1. The predicted molar refractivity (Wildman–Crippen MR) is 79.2 cm³/mol. The van der Waals surface area contributed by atoms with E-state index in [2.05, 4.69) is 11.4 Å². The number of hydrogen-bond donors (Lipinski definition) is 2. The van der Waals surface area contributed by atoms with E-state index >= 15 is 0 Å². The van der Waals surface area contributed by atoms with E-state index in [1.807, 2.05) is 20.8 Å². The minimum absolute atomic E-state index is 0.0688. The molecule has 0 bridgehead atoms. The monoisotopic (exact) mass is 293 g/mol. The van der Waals surface area contributed by atoms with Crippen LogP contribution in [0.5, 0.6) is 0 Å². The molecule has 1 unspecified atom stereocenters. The molecule has 0 saturated heterocycles. The van der Waals surface area contributed by atoms with Gasteiger partial charge in [-0.25, -0.2) is 9.18 Å². The van der Waals surface area contributed by atoms with Crippen LogP contribution in [0.4, 0.5) is 10.1 Å². The lowest BCUT2D eigenvalue weighted by molar-refractivity contribution is 0.0697.